The van der Waals surface area contributed by atoms with E-state index in [9.17, 15) is 4.79 Å². The standard InChI is InChI=1S/C18H30O5Si/c1-7-16(22-13-21-10-11-24(4,5)6)18(19)23-17-9-8-15(20-3)12-14(17)2/h8-9,12,16H,7,10-11,13H2,1-6H3/t16-/m1/s1. The number of aryl methyl sites for hydroxylation is 1. The van der Waals surface area contributed by atoms with Crippen LogP contribution in [0.15, 0.2) is 18.2 Å². The van der Waals surface area contributed by atoms with Gasteiger partial charge in [-0.2, -0.15) is 0 Å². The summed E-state index contributed by atoms with van der Waals surface area (Å²) >= 11 is 0. The number of hydrogen-bond acceptors (Lipinski definition) is 5. The van der Waals surface area contributed by atoms with Crippen molar-refractivity contribution in [2.24, 2.45) is 0 Å². The Hall–Kier alpha value is -1.37. The van der Waals surface area contributed by atoms with E-state index in [0.29, 0.717) is 18.8 Å². The van der Waals surface area contributed by atoms with Gasteiger partial charge < -0.3 is 18.9 Å². The van der Waals surface area contributed by atoms with Crippen molar-refractivity contribution in [3.8, 4) is 11.5 Å². The molecule has 0 radical (unpaired) electrons. The molecule has 0 saturated carbocycles. The number of esters is 1. The van der Waals surface area contributed by atoms with Crippen molar-refractivity contribution >= 4 is 14.0 Å². The predicted octanol–water partition coefficient (Wildman–Crippen LogP) is 4.02. The van der Waals surface area contributed by atoms with Gasteiger partial charge in [0.05, 0.1) is 7.11 Å². The molecule has 1 atom stereocenters. The van der Waals surface area contributed by atoms with Gasteiger partial charge in [-0.15, -0.1) is 0 Å². The first-order valence-electron chi connectivity index (χ1n) is 8.32. The second kappa shape index (κ2) is 9.81. The van der Waals surface area contributed by atoms with Crippen LogP contribution < -0.4 is 9.47 Å². The second-order valence-electron chi connectivity index (χ2n) is 6.95. The molecule has 0 N–H and O–H groups in total. The molecule has 5 nitrogen and oxygen atoms in total. The van der Waals surface area contributed by atoms with Crippen LogP contribution in [-0.4, -0.2) is 40.7 Å². The highest BCUT2D eigenvalue weighted by Crippen LogP contribution is 2.23. The van der Waals surface area contributed by atoms with Crippen molar-refractivity contribution in [2.45, 2.75) is 52.1 Å². The van der Waals surface area contributed by atoms with E-state index in [4.69, 9.17) is 18.9 Å². The summed E-state index contributed by atoms with van der Waals surface area (Å²) in [6, 6.07) is 6.38. The molecule has 0 bridgehead atoms. The van der Waals surface area contributed by atoms with Crippen molar-refractivity contribution in [1.29, 1.82) is 0 Å². The minimum Gasteiger partial charge on any atom is -0.497 e. The Morgan fingerprint density at radius 3 is 2.50 bits per heavy atom. The van der Waals surface area contributed by atoms with Gasteiger partial charge in [-0.1, -0.05) is 26.6 Å². The topological polar surface area (TPSA) is 54.0 Å². The van der Waals surface area contributed by atoms with Gasteiger partial charge in [-0.25, -0.2) is 4.79 Å². The molecule has 0 spiro atoms. The number of carbonyl (C=O) groups excluding carboxylic acids is 1. The maximum absolute atomic E-state index is 12.2. The van der Waals surface area contributed by atoms with E-state index >= 15 is 0 Å². The fraction of sp³-hybridized carbons (Fsp3) is 0.611. The van der Waals surface area contributed by atoms with Crippen molar-refractivity contribution in [2.75, 3.05) is 20.5 Å². The van der Waals surface area contributed by atoms with Gasteiger partial charge in [0.25, 0.3) is 0 Å². The van der Waals surface area contributed by atoms with Crippen LogP contribution in [0.5, 0.6) is 11.5 Å². The summed E-state index contributed by atoms with van der Waals surface area (Å²) in [6.45, 7) is 11.4. The Labute approximate surface area is 146 Å². The molecule has 1 rings (SSSR count). The molecule has 24 heavy (non-hydrogen) atoms. The lowest BCUT2D eigenvalue weighted by Gasteiger charge is -2.18. The fourth-order valence-electron chi connectivity index (χ4n) is 1.96. The number of benzene rings is 1. The molecule has 1 aromatic rings. The van der Waals surface area contributed by atoms with Crippen LogP contribution in [0.4, 0.5) is 0 Å². The van der Waals surface area contributed by atoms with Gasteiger partial charge in [-0.05, 0) is 43.2 Å². The van der Waals surface area contributed by atoms with E-state index in [1.165, 1.54) is 0 Å². The monoisotopic (exact) mass is 354 g/mol. The Kier molecular flexibility index (Phi) is 8.45. The highest BCUT2D eigenvalue weighted by molar-refractivity contribution is 6.76. The third-order valence-electron chi connectivity index (χ3n) is 3.58. The normalized spacial score (nSPS) is 12.8. The molecule has 0 aliphatic rings. The molecule has 0 aromatic heterocycles. The first kappa shape index (κ1) is 20.7. The molecule has 0 unspecified atom stereocenters. The number of methoxy groups -OCH3 is 1. The molecule has 6 heteroatoms. The van der Waals surface area contributed by atoms with Crippen LogP contribution >= 0.6 is 0 Å². The average Bonchev–Trinajstić information content (AvgIpc) is 2.51. The Bertz CT molecular complexity index is 525. The number of rotatable bonds is 10. The molecule has 0 aliphatic carbocycles. The number of hydrogen-bond donors (Lipinski definition) is 0. The van der Waals surface area contributed by atoms with Gasteiger partial charge in [0.15, 0.2) is 6.10 Å². The Morgan fingerprint density at radius 2 is 1.96 bits per heavy atom. The van der Waals surface area contributed by atoms with E-state index in [-0.39, 0.29) is 6.79 Å². The third-order valence-corrected chi connectivity index (χ3v) is 5.28. The highest BCUT2D eigenvalue weighted by atomic mass is 28.3. The SMILES string of the molecule is CC[C@@H](OCOCC[Si](C)(C)C)C(=O)Oc1ccc(OC)cc1C. The molecule has 0 saturated heterocycles. The van der Waals surface area contributed by atoms with Crippen molar-refractivity contribution in [3.05, 3.63) is 23.8 Å². The number of ether oxygens (including phenoxy) is 4. The molecular weight excluding hydrogens is 324 g/mol. The minimum absolute atomic E-state index is 0.111. The van der Waals surface area contributed by atoms with Gasteiger partial charge in [0.1, 0.15) is 18.3 Å². The van der Waals surface area contributed by atoms with E-state index in [2.05, 4.69) is 19.6 Å². The first-order chi connectivity index (χ1) is 11.3. The quantitative estimate of drug-likeness (QED) is 0.209. The van der Waals surface area contributed by atoms with Crippen molar-refractivity contribution in [1.82, 2.24) is 0 Å². The summed E-state index contributed by atoms with van der Waals surface area (Å²) < 4.78 is 21.6. The van der Waals surface area contributed by atoms with Gasteiger partial charge >= 0.3 is 5.97 Å². The van der Waals surface area contributed by atoms with Crippen LogP contribution in [0.1, 0.15) is 18.9 Å². The minimum atomic E-state index is -1.11. The average molecular weight is 355 g/mol. The van der Waals surface area contributed by atoms with Crippen LogP contribution in [0.25, 0.3) is 0 Å². The van der Waals surface area contributed by atoms with Crippen LogP contribution in [0.3, 0.4) is 0 Å². The van der Waals surface area contributed by atoms with Gasteiger partial charge in [0.2, 0.25) is 0 Å². The fourth-order valence-corrected chi connectivity index (χ4v) is 2.71. The Balaban J connectivity index is 2.46. The van der Waals surface area contributed by atoms with Crippen LogP contribution in [0, 0.1) is 6.92 Å². The predicted molar refractivity (Wildman–Crippen MR) is 97.5 cm³/mol. The van der Waals surface area contributed by atoms with E-state index in [1.807, 2.05) is 19.9 Å². The lowest BCUT2D eigenvalue weighted by Crippen LogP contribution is -2.29. The summed E-state index contributed by atoms with van der Waals surface area (Å²) in [7, 11) is 0.489. The lowest BCUT2D eigenvalue weighted by molar-refractivity contribution is -0.158. The largest absolute Gasteiger partial charge is 0.497 e. The van der Waals surface area contributed by atoms with Crippen molar-refractivity contribution in [3.63, 3.8) is 0 Å². The smallest absolute Gasteiger partial charge is 0.340 e. The molecule has 136 valence electrons. The van der Waals surface area contributed by atoms with Crippen LogP contribution in [0.2, 0.25) is 25.7 Å². The zero-order chi connectivity index (χ0) is 18.2. The summed E-state index contributed by atoms with van der Waals surface area (Å²) in [4.78, 5) is 12.2. The van der Waals surface area contributed by atoms with E-state index < -0.39 is 20.1 Å². The van der Waals surface area contributed by atoms with E-state index in [0.717, 1.165) is 17.4 Å². The maximum Gasteiger partial charge on any atom is 0.340 e. The second-order valence-corrected chi connectivity index (χ2v) is 12.6. The molecule has 0 fully saturated rings. The molecule has 1 aromatic carbocycles. The maximum atomic E-state index is 12.2. The summed E-state index contributed by atoms with van der Waals surface area (Å²) in [5, 5.41) is 0. The number of carbonyl (C=O) groups is 1. The Morgan fingerprint density at radius 1 is 1.25 bits per heavy atom. The summed E-state index contributed by atoms with van der Waals surface area (Å²) in [6.07, 6.45) is -0.0933. The van der Waals surface area contributed by atoms with Crippen molar-refractivity contribution < 1.29 is 23.7 Å². The van der Waals surface area contributed by atoms with Gasteiger partial charge in [0, 0.05) is 14.7 Å². The lowest BCUT2D eigenvalue weighted by atomic mass is 10.2. The molecule has 0 aliphatic heterocycles. The molecule has 0 amide bonds. The third kappa shape index (κ3) is 7.46. The highest BCUT2D eigenvalue weighted by Gasteiger charge is 2.21. The van der Waals surface area contributed by atoms with Gasteiger partial charge in [-0.3, -0.25) is 0 Å². The molecule has 0 heterocycles. The molecular formula is C18H30O5Si. The zero-order valence-corrected chi connectivity index (χ0v) is 16.7. The van der Waals surface area contributed by atoms with E-state index in [1.54, 1.807) is 19.2 Å². The summed E-state index contributed by atoms with van der Waals surface area (Å²) in [5.41, 5.74) is 0.837. The summed E-state index contributed by atoms with van der Waals surface area (Å²) in [5.74, 6) is 0.841. The zero-order valence-electron chi connectivity index (χ0n) is 15.7. The first-order valence-corrected chi connectivity index (χ1v) is 12.0. The van der Waals surface area contributed by atoms with Crippen LogP contribution in [-0.2, 0) is 14.3 Å².